The van der Waals surface area contributed by atoms with Gasteiger partial charge in [0.25, 0.3) is 0 Å². The summed E-state index contributed by atoms with van der Waals surface area (Å²) in [4.78, 5) is 0. The Morgan fingerprint density at radius 3 is 3.00 bits per heavy atom. The van der Waals surface area contributed by atoms with Crippen LogP contribution in [0.3, 0.4) is 0 Å². The zero-order valence-electron chi connectivity index (χ0n) is 8.29. The van der Waals surface area contributed by atoms with Gasteiger partial charge < -0.3 is 4.74 Å². The molecule has 0 radical (unpaired) electrons. The fourth-order valence-corrected chi connectivity index (χ4v) is 2.28. The zero-order chi connectivity index (χ0) is 9.97. The van der Waals surface area contributed by atoms with E-state index < -0.39 is 0 Å². The van der Waals surface area contributed by atoms with Crippen LogP contribution >= 0.6 is 12.6 Å². The highest BCUT2D eigenvalue weighted by atomic mass is 32.1. The highest BCUT2D eigenvalue weighted by molar-refractivity contribution is 7.80. The second kappa shape index (κ2) is 4.20. The molecule has 0 amide bonds. The van der Waals surface area contributed by atoms with E-state index in [1.165, 1.54) is 22.3 Å². The highest BCUT2D eigenvalue weighted by Gasteiger charge is 2.15. The van der Waals surface area contributed by atoms with E-state index in [1.807, 2.05) is 0 Å². The van der Waals surface area contributed by atoms with Gasteiger partial charge in [-0.1, -0.05) is 24.3 Å². The van der Waals surface area contributed by atoms with Gasteiger partial charge in [-0.15, -0.1) is 0 Å². The van der Waals surface area contributed by atoms with Crippen molar-refractivity contribution >= 4 is 18.2 Å². The number of methoxy groups -OCH3 is 1. The molecule has 0 aliphatic heterocycles. The van der Waals surface area contributed by atoms with Crippen LogP contribution in [0.15, 0.2) is 24.3 Å². The summed E-state index contributed by atoms with van der Waals surface area (Å²) in [6.07, 6.45) is 3.31. The lowest BCUT2D eigenvalue weighted by Gasteiger charge is -2.10. The molecule has 2 rings (SSSR count). The standard InChI is InChI=1S/C12H14OS/c1-13-7-10-4-2-3-9-5-6-11(8-14)12(9)10/h2-4,6,14H,5,7-8H2,1H3. The van der Waals surface area contributed by atoms with Crippen LogP contribution in [0.1, 0.15) is 16.7 Å². The molecule has 1 aliphatic carbocycles. The van der Waals surface area contributed by atoms with E-state index in [2.05, 4.69) is 36.9 Å². The minimum Gasteiger partial charge on any atom is -0.380 e. The maximum atomic E-state index is 5.19. The topological polar surface area (TPSA) is 9.23 Å². The molecule has 0 saturated carbocycles. The van der Waals surface area contributed by atoms with Crippen molar-refractivity contribution in [3.63, 3.8) is 0 Å². The van der Waals surface area contributed by atoms with E-state index in [0.717, 1.165) is 12.2 Å². The lowest BCUT2D eigenvalue weighted by molar-refractivity contribution is 0.184. The molecule has 1 aliphatic rings. The SMILES string of the molecule is COCc1cccc2c1C(CS)=CC2. The molecule has 0 saturated heterocycles. The Kier molecular flexibility index (Phi) is 2.94. The summed E-state index contributed by atoms with van der Waals surface area (Å²) in [6, 6.07) is 6.41. The van der Waals surface area contributed by atoms with Crippen molar-refractivity contribution in [1.29, 1.82) is 0 Å². The largest absolute Gasteiger partial charge is 0.380 e. The Bertz CT molecular complexity index is 369. The van der Waals surface area contributed by atoms with Crippen molar-refractivity contribution in [3.8, 4) is 0 Å². The maximum absolute atomic E-state index is 5.19. The number of fused-ring (bicyclic) bond motifs is 1. The quantitative estimate of drug-likeness (QED) is 0.748. The first-order valence-corrected chi connectivity index (χ1v) is 5.40. The first-order valence-electron chi connectivity index (χ1n) is 4.76. The lowest BCUT2D eigenvalue weighted by Crippen LogP contribution is -1.96. The normalized spacial score (nSPS) is 14.0. The fourth-order valence-electron chi connectivity index (χ4n) is 1.99. The van der Waals surface area contributed by atoms with Crippen molar-refractivity contribution in [3.05, 3.63) is 41.0 Å². The number of thiol groups is 1. The molecular weight excluding hydrogens is 192 g/mol. The van der Waals surface area contributed by atoms with E-state index in [0.29, 0.717) is 6.61 Å². The molecule has 14 heavy (non-hydrogen) atoms. The average Bonchev–Trinajstić information content (AvgIpc) is 2.62. The molecule has 1 aromatic carbocycles. The van der Waals surface area contributed by atoms with Gasteiger partial charge in [-0.25, -0.2) is 0 Å². The van der Waals surface area contributed by atoms with Crippen molar-refractivity contribution < 1.29 is 4.74 Å². The molecule has 1 aromatic rings. The van der Waals surface area contributed by atoms with E-state index in [-0.39, 0.29) is 0 Å². The Balaban J connectivity index is 2.44. The van der Waals surface area contributed by atoms with E-state index in [1.54, 1.807) is 7.11 Å². The number of allylic oxidation sites excluding steroid dienone is 1. The van der Waals surface area contributed by atoms with Crippen LogP contribution in [0.25, 0.3) is 5.57 Å². The molecular formula is C12H14OS. The number of ether oxygens (including phenoxy) is 1. The lowest BCUT2D eigenvalue weighted by atomic mass is 10.0. The molecule has 0 bridgehead atoms. The number of hydrogen-bond donors (Lipinski definition) is 1. The van der Waals surface area contributed by atoms with Crippen LogP contribution < -0.4 is 0 Å². The molecule has 2 heteroatoms. The molecule has 0 aromatic heterocycles. The van der Waals surface area contributed by atoms with Crippen molar-refractivity contribution in [2.45, 2.75) is 13.0 Å². The van der Waals surface area contributed by atoms with Crippen LogP contribution in [0.2, 0.25) is 0 Å². The summed E-state index contributed by atoms with van der Waals surface area (Å²) in [7, 11) is 1.73. The third kappa shape index (κ3) is 1.60. The van der Waals surface area contributed by atoms with E-state index in [4.69, 9.17) is 4.74 Å². The maximum Gasteiger partial charge on any atom is 0.0719 e. The fraction of sp³-hybridized carbons (Fsp3) is 0.333. The molecule has 0 unspecified atom stereocenters. The van der Waals surface area contributed by atoms with Gasteiger partial charge in [-0.2, -0.15) is 12.6 Å². The van der Waals surface area contributed by atoms with Gasteiger partial charge in [-0.3, -0.25) is 0 Å². The van der Waals surface area contributed by atoms with Crippen LogP contribution in [0.4, 0.5) is 0 Å². The Morgan fingerprint density at radius 2 is 2.29 bits per heavy atom. The predicted molar refractivity (Wildman–Crippen MR) is 62.7 cm³/mol. The van der Waals surface area contributed by atoms with Gasteiger partial charge in [0.05, 0.1) is 6.61 Å². The first kappa shape index (κ1) is 9.81. The predicted octanol–water partition coefficient (Wildman–Crippen LogP) is 2.70. The number of hydrogen-bond acceptors (Lipinski definition) is 2. The minimum atomic E-state index is 0.689. The monoisotopic (exact) mass is 206 g/mol. The molecule has 74 valence electrons. The Morgan fingerprint density at radius 1 is 1.43 bits per heavy atom. The summed E-state index contributed by atoms with van der Waals surface area (Å²) in [6.45, 7) is 0.689. The van der Waals surface area contributed by atoms with Crippen molar-refractivity contribution in [2.75, 3.05) is 12.9 Å². The summed E-state index contributed by atoms with van der Waals surface area (Å²) in [5.41, 5.74) is 5.40. The molecule has 0 N–H and O–H groups in total. The smallest absolute Gasteiger partial charge is 0.0719 e. The van der Waals surface area contributed by atoms with Crippen LogP contribution in [-0.2, 0) is 17.8 Å². The van der Waals surface area contributed by atoms with Gasteiger partial charge >= 0.3 is 0 Å². The zero-order valence-corrected chi connectivity index (χ0v) is 9.18. The summed E-state index contributed by atoms with van der Waals surface area (Å²) in [5, 5.41) is 0. The Labute approximate surface area is 90.2 Å². The van der Waals surface area contributed by atoms with Crippen LogP contribution in [-0.4, -0.2) is 12.9 Å². The number of benzene rings is 1. The minimum absolute atomic E-state index is 0.689. The van der Waals surface area contributed by atoms with Gasteiger partial charge in [0, 0.05) is 12.9 Å². The van der Waals surface area contributed by atoms with Crippen molar-refractivity contribution in [2.24, 2.45) is 0 Å². The molecule has 0 atom stereocenters. The van der Waals surface area contributed by atoms with Crippen LogP contribution in [0, 0.1) is 0 Å². The second-order valence-electron chi connectivity index (χ2n) is 3.48. The van der Waals surface area contributed by atoms with Gasteiger partial charge in [0.15, 0.2) is 0 Å². The summed E-state index contributed by atoms with van der Waals surface area (Å²) in [5.74, 6) is 0.813. The summed E-state index contributed by atoms with van der Waals surface area (Å²) >= 11 is 4.35. The first-order chi connectivity index (χ1) is 6.86. The molecule has 0 spiro atoms. The third-order valence-corrected chi connectivity index (χ3v) is 2.94. The van der Waals surface area contributed by atoms with E-state index >= 15 is 0 Å². The van der Waals surface area contributed by atoms with Gasteiger partial charge in [-0.05, 0) is 28.7 Å². The molecule has 1 nitrogen and oxygen atoms in total. The third-order valence-electron chi connectivity index (χ3n) is 2.60. The molecule has 0 heterocycles. The van der Waals surface area contributed by atoms with Gasteiger partial charge in [0.2, 0.25) is 0 Å². The van der Waals surface area contributed by atoms with E-state index in [9.17, 15) is 0 Å². The van der Waals surface area contributed by atoms with Crippen LogP contribution in [0.5, 0.6) is 0 Å². The second-order valence-corrected chi connectivity index (χ2v) is 3.79. The van der Waals surface area contributed by atoms with Crippen molar-refractivity contribution in [1.82, 2.24) is 0 Å². The highest BCUT2D eigenvalue weighted by Crippen LogP contribution is 2.31. The average molecular weight is 206 g/mol. The Hall–Kier alpha value is -0.730. The molecule has 0 fully saturated rings. The number of rotatable bonds is 3. The summed E-state index contributed by atoms with van der Waals surface area (Å²) < 4.78 is 5.19. The van der Waals surface area contributed by atoms with Gasteiger partial charge in [0.1, 0.15) is 0 Å².